The lowest BCUT2D eigenvalue weighted by Gasteiger charge is -2.08. The summed E-state index contributed by atoms with van der Waals surface area (Å²) in [7, 11) is 0. The Morgan fingerprint density at radius 2 is 1.67 bits per heavy atom. The zero-order valence-corrected chi connectivity index (χ0v) is 12.9. The summed E-state index contributed by atoms with van der Waals surface area (Å²) in [5.41, 5.74) is 1.81. The van der Waals surface area contributed by atoms with Crippen molar-refractivity contribution < 1.29 is 4.79 Å². The zero-order valence-electron chi connectivity index (χ0n) is 12.9. The summed E-state index contributed by atoms with van der Waals surface area (Å²) in [6.45, 7) is 7.48. The first-order valence-corrected chi connectivity index (χ1v) is 7.90. The van der Waals surface area contributed by atoms with Crippen LogP contribution in [0, 0.1) is 0 Å². The fourth-order valence-electron chi connectivity index (χ4n) is 2.28. The highest BCUT2D eigenvalue weighted by Crippen LogP contribution is 2.16. The molecule has 0 saturated carbocycles. The largest absolute Gasteiger partial charge is 0.326 e. The van der Waals surface area contributed by atoms with E-state index in [2.05, 4.69) is 18.5 Å². The molecule has 0 atom stereocenters. The minimum atomic E-state index is 0.0935. The smallest absolute Gasteiger partial charge is 0.224 e. The van der Waals surface area contributed by atoms with Crippen molar-refractivity contribution in [2.45, 2.75) is 51.4 Å². The molecule has 1 aromatic rings. The summed E-state index contributed by atoms with van der Waals surface area (Å²) in [4.78, 5) is 11.9. The highest BCUT2D eigenvalue weighted by atomic mass is 16.1. The number of hydrogen-bond acceptors (Lipinski definition) is 1. The fourth-order valence-corrected chi connectivity index (χ4v) is 2.28. The molecule has 0 radical (unpaired) electrons. The molecule has 114 valence electrons. The molecule has 0 aliphatic heterocycles. The number of rotatable bonds is 11. The lowest BCUT2D eigenvalue weighted by Crippen LogP contribution is -2.11. The zero-order chi connectivity index (χ0) is 15.3. The Morgan fingerprint density at radius 1 is 1.00 bits per heavy atom. The van der Waals surface area contributed by atoms with E-state index in [-0.39, 0.29) is 5.91 Å². The average Bonchev–Trinajstić information content (AvgIpc) is 2.50. The van der Waals surface area contributed by atoms with E-state index in [4.69, 9.17) is 0 Å². The number of carbonyl (C=O) groups is 1. The van der Waals surface area contributed by atoms with E-state index in [0.717, 1.165) is 30.5 Å². The summed E-state index contributed by atoms with van der Waals surface area (Å²) < 4.78 is 0. The number of hydrogen-bond donors (Lipinski definition) is 1. The van der Waals surface area contributed by atoms with Gasteiger partial charge in [0.1, 0.15) is 0 Å². The van der Waals surface area contributed by atoms with Gasteiger partial charge in [-0.2, -0.15) is 0 Å². The second-order valence-corrected chi connectivity index (χ2v) is 5.29. The van der Waals surface area contributed by atoms with Gasteiger partial charge in [0, 0.05) is 12.1 Å². The molecule has 1 amide bonds. The minimum absolute atomic E-state index is 0.0935. The van der Waals surface area contributed by atoms with Crippen LogP contribution in [-0.4, -0.2) is 5.91 Å². The van der Waals surface area contributed by atoms with Gasteiger partial charge < -0.3 is 5.32 Å². The van der Waals surface area contributed by atoms with Crippen molar-refractivity contribution in [3.63, 3.8) is 0 Å². The van der Waals surface area contributed by atoms with Crippen LogP contribution in [0.4, 0.5) is 5.69 Å². The lowest BCUT2D eigenvalue weighted by molar-refractivity contribution is -0.116. The maximum atomic E-state index is 11.9. The van der Waals surface area contributed by atoms with Crippen LogP contribution in [0.25, 0.3) is 6.08 Å². The summed E-state index contributed by atoms with van der Waals surface area (Å²) in [5, 5.41) is 2.96. The predicted molar refractivity (Wildman–Crippen MR) is 92.3 cm³/mol. The molecule has 0 bridgehead atoms. The van der Waals surface area contributed by atoms with Crippen molar-refractivity contribution in [2.24, 2.45) is 0 Å². The van der Waals surface area contributed by atoms with Crippen molar-refractivity contribution >= 4 is 17.7 Å². The molecule has 0 unspecified atom stereocenters. The maximum Gasteiger partial charge on any atom is 0.224 e. The van der Waals surface area contributed by atoms with Crippen molar-refractivity contribution in [3.05, 3.63) is 49.1 Å². The number of nitrogens with one attached hydrogen (secondary N) is 1. The van der Waals surface area contributed by atoms with E-state index >= 15 is 0 Å². The lowest BCUT2D eigenvalue weighted by atomic mass is 10.1. The molecule has 0 saturated heterocycles. The molecular weight excluding hydrogens is 258 g/mol. The van der Waals surface area contributed by atoms with Crippen LogP contribution in [-0.2, 0) is 4.79 Å². The molecule has 0 aliphatic rings. The van der Waals surface area contributed by atoms with Crippen LogP contribution >= 0.6 is 0 Å². The van der Waals surface area contributed by atoms with E-state index in [1.807, 2.05) is 30.3 Å². The first-order valence-electron chi connectivity index (χ1n) is 7.90. The van der Waals surface area contributed by atoms with Crippen LogP contribution in [0.3, 0.4) is 0 Å². The van der Waals surface area contributed by atoms with E-state index in [9.17, 15) is 4.79 Å². The van der Waals surface area contributed by atoms with Gasteiger partial charge in [0.05, 0.1) is 0 Å². The molecule has 2 heteroatoms. The third-order valence-corrected chi connectivity index (χ3v) is 3.52. The molecule has 0 spiro atoms. The standard InChI is InChI=1S/C19H27NO/c1-3-5-6-7-8-9-10-11-16-19(21)20-18-15-13-12-14-17(18)4-2/h3-4,12-15H,1-2,5-11,16H2,(H,20,21). The number of carbonyl (C=O) groups excluding carboxylic acids is 1. The number of unbranched alkanes of at least 4 members (excludes halogenated alkanes) is 6. The van der Waals surface area contributed by atoms with Gasteiger partial charge in [-0.1, -0.05) is 62.6 Å². The van der Waals surface area contributed by atoms with Gasteiger partial charge in [-0.3, -0.25) is 4.79 Å². The Bertz CT molecular complexity index is 451. The quantitative estimate of drug-likeness (QED) is 0.417. The summed E-state index contributed by atoms with van der Waals surface area (Å²) in [6, 6.07) is 7.73. The van der Waals surface area contributed by atoms with Crippen molar-refractivity contribution in [2.75, 3.05) is 5.32 Å². The van der Waals surface area contributed by atoms with Crippen molar-refractivity contribution in [1.29, 1.82) is 0 Å². The summed E-state index contributed by atoms with van der Waals surface area (Å²) in [6.07, 6.45) is 12.5. The van der Waals surface area contributed by atoms with Gasteiger partial charge in [-0.05, 0) is 30.9 Å². The first kappa shape index (κ1) is 17.2. The van der Waals surface area contributed by atoms with Gasteiger partial charge in [0.25, 0.3) is 0 Å². The Morgan fingerprint density at radius 3 is 2.38 bits per heavy atom. The monoisotopic (exact) mass is 285 g/mol. The number of para-hydroxylation sites is 1. The van der Waals surface area contributed by atoms with Gasteiger partial charge in [0.2, 0.25) is 5.91 Å². The maximum absolute atomic E-state index is 11.9. The molecule has 21 heavy (non-hydrogen) atoms. The second-order valence-electron chi connectivity index (χ2n) is 5.29. The predicted octanol–water partition coefficient (Wildman–Crippen LogP) is 5.57. The molecule has 0 aliphatic carbocycles. The summed E-state index contributed by atoms with van der Waals surface area (Å²) in [5.74, 6) is 0.0935. The van der Waals surface area contributed by atoms with Crippen LogP contribution in [0.15, 0.2) is 43.5 Å². The summed E-state index contributed by atoms with van der Waals surface area (Å²) >= 11 is 0. The van der Waals surface area contributed by atoms with E-state index in [1.54, 1.807) is 6.08 Å². The van der Waals surface area contributed by atoms with Crippen molar-refractivity contribution in [3.8, 4) is 0 Å². The number of anilines is 1. The molecule has 2 nitrogen and oxygen atoms in total. The molecule has 0 heterocycles. The Balaban J connectivity index is 2.14. The number of benzene rings is 1. The second kappa shape index (κ2) is 10.9. The molecule has 0 fully saturated rings. The normalized spacial score (nSPS) is 10.1. The van der Waals surface area contributed by atoms with E-state index in [0.29, 0.717) is 6.42 Å². The molecule has 1 aromatic carbocycles. The topological polar surface area (TPSA) is 29.1 Å². The van der Waals surface area contributed by atoms with Crippen LogP contribution in [0.5, 0.6) is 0 Å². The van der Waals surface area contributed by atoms with Crippen molar-refractivity contribution in [1.82, 2.24) is 0 Å². The molecule has 1 rings (SSSR count). The van der Waals surface area contributed by atoms with Crippen LogP contribution in [0.2, 0.25) is 0 Å². The number of amides is 1. The number of allylic oxidation sites excluding steroid dienone is 1. The van der Waals surface area contributed by atoms with Gasteiger partial charge >= 0.3 is 0 Å². The SMILES string of the molecule is C=CCCCCCCCCC(=O)Nc1ccccc1C=C. The fraction of sp³-hybridized carbons (Fsp3) is 0.421. The third kappa shape index (κ3) is 7.50. The molecule has 1 N–H and O–H groups in total. The van der Waals surface area contributed by atoms with Crippen LogP contribution in [0.1, 0.15) is 56.9 Å². The molecule has 0 aromatic heterocycles. The van der Waals surface area contributed by atoms with Crippen LogP contribution < -0.4 is 5.32 Å². The Labute approximate surface area is 129 Å². The first-order chi connectivity index (χ1) is 10.3. The Kier molecular flexibility index (Phi) is 8.94. The van der Waals surface area contributed by atoms with Gasteiger partial charge in [-0.15, -0.1) is 6.58 Å². The third-order valence-electron chi connectivity index (χ3n) is 3.52. The van der Waals surface area contributed by atoms with Gasteiger partial charge in [0.15, 0.2) is 0 Å². The van der Waals surface area contributed by atoms with E-state index in [1.165, 1.54) is 25.7 Å². The average molecular weight is 285 g/mol. The van der Waals surface area contributed by atoms with E-state index < -0.39 is 0 Å². The van der Waals surface area contributed by atoms with Gasteiger partial charge in [-0.25, -0.2) is 0 Å². The highest BCUT2D eigenvalue weighted by Gasteiger charge is 2.04. The highest BCUT2D eigenvalue weighted by molar-refractivity contribution is 5.92. The molecular formula is C19H27NO. The Hall–Kier alpha value is -1.83. The minimum Gasteiger partial charge on any atom is -0.326 e.